The van der Waals surface area contributed by atoms with Crippen LogP contribution < -0.4 is 5.32 Å². The highest BCUT2D eigenvalue weighted by Gasteiger charge is 2.19. The summed E-state index contributed by atoms with van der Waals surface area (Å²) in [5.41, 5.74) is 1.69. The second-order valence-electron chi connectivity index (χ2n) is 4.51. The van der Waals surface area contributed by atoms with Gasteiger partial charge in [-0.1, -0.05) is 34.1 Å². The highest BCUT2D eigenvalue weighted by Crippen LogP contribution is 2.26. The lowest BCUT2D eigenvalue weighted by molar-refractivity contribution is -0.132. The van der Waals surface area contributed by atoms with Gasteiger partial charge in [0.15, 0.2) is 5.71 Å². The van der Waals surface area contributed by atoms with Gasteiger partial charge in [-0.15, -0.1) is 0 Å². The van der Waals surface area contributed by atoms with E-state index in [1.54, 1.807) is 30.3 Å². The van der Waals surface area contributed by atoms with E-state index in [4.69, 9.17) is 5.41 Å². The van der Waals surface area contributed by atoms with Crippen LogP contribution in [0.1, 0.15) is 11.1 Å². The second kappa shape index (κ2) is 7.17. The minimum absolute atomic E-state index is 0.239. The molecule has 2 rings (SSSR count). The largest absolute Gasteiger partial charge is 0.464 e. The van der Waals surface area contributed by atoms with Crippen LogP contribution in [0.4, 0.5) is 10.1 Å². The van der Waals surface area contributed by atoms with Crippen LogP contribution in [-0.2, 0) is 16.1 Å². The van der Waals surface area contributed by atoms with Crippen molar-refractivity contribution in [1.82, 2.24) is 0 Å². The van der Waals surface area contributed by atoms with Gasteiger partial charge in [0.2, 0.25) is 0 Å². The van der Waals surface area contributed by atoms with Gasteiger partial charge in [-0.2, -0.15) is 0 Å². The third-order valence-corrected chi connectivity index (χ3v) is 3.71. The quantitative estimate of drug-likeness (QED) is 0.627. The number of hydrogen-bond donors (Lipinski definition) is 2. The lowest BCUT2D eigenvalue weighted by atomic mass is 10.1. The molecule has 4 nitrogen and oxygen atoms in total. The van der Waals surface area contributed by atoms with Crippen LogP contribution >= 0.6 is 15.9 Å². The van der Waals surface area contributed by atoms with E-state index in [-0.39, 0.29) is 11.5 Å². The lowest BCUT2D eigenvalue weighted by Crippen LogP contribution is -2.18. The van der Waals surface area contributed by atoms with E-state index < -0.39 is 5.97 Å². The SMILES string of the molecule is COC(=O)C(=N)c1c(Br)cccc1NCc1ccc(F)cc1. The first-order valence-corrected chi connectivity index (χ1v) is 7.26. The van der Waals surface area contributed by atoms with Gasteiger partial charge >= 0.3 is 5.97 Å². The van der Waals surface area contributed by atoms with Gasteiger partial charge < -0.3 is 10.1 Å². The number of nitrogens with one attached hydrogen (secondary N) is 2. The molecule has 0 aromatic heterocycles. The Labute approximate surface area is 135 Å². The van der Waals surface area contributed by atoms with Crippen LogP contribution in [0, 0.1) is 11.2 Å². The molecule has 2 aromatic carbocycles. The zero-order valence-electron chi connectivity index (χ0n) is 11.8. The predicted molar refractivity (Wildman–Crippen MR) is 86.7 cm³/mol. The predicted octanol–water partition coefficient (Wildman–Crippen LogP) is 3.74. The Morgan fingerprint density at radius 3 is 2.59 bits per heavy atom. The molecule has 0 bridgehead atoms. The van der Waals surface area contributed by atoms with Crippen molar-refractivity contribution in [3.8, 4) is 0 Å². The number of esters is 1. The standard InChI is InChI=1S/C16H14BrFN2O2/c1-22-16(21)15(19)14-12(17)3-2-4-13(14)20-9-10-5-7-11(18)8-6-10/h2-8,19-20H,9H2,1H3. The van der Waals surface area contributed by atoms with E-state index in [1.807, 2.05) is 0 Å². The van der Waals surface area contributed by atoms with Gasteiger partial charge in [0.25, 0.3) is 0 Å². The number of rotatable bonds is 5. The van der Waals surface area contributed by atoms with Crippen molar-refractivity contribution in [2.45, 2.75) is 6.54 Å². The molecule has 0 aliphatic rings. The van der Waals surface area contributed by atoms with Gasteiger partial charge in [-0.3, -0.25) is 5.41 Å². The average Bonchev–Trinajstić information content (AvgIpc) is 2.53. The lowest BCUT2D eigenvalue weighted by Gasteiger charge is -2.13. The highest BCUT2D eigenvalue weighted by atomic mass is 79.9. The molecule has 0 aliphatic carbocycles. The second-order valence-corrected chi connectivity index (χ2v) is 5.36. The summed E-state index contributed by atoms with van der Waals surface area (Å²) in [6, 6.07) is 11.4. The van der Waals surface area contributed by atoms with Crippen molar-refractivity contribution < 1.29 is 13.9 Å². The zero-order valence-corrected chi connectivity index (χ0v) is 13.4. The van der Waals surface area contributed by atoms with Crippen LogP contribution in [-0.4, -0.2) is 18.8 Å². The molecule has 0 fully saturated rings. The number of ether oxygens (including phenoxy) is 1. The van der Waals surface area contributed by atoms with Gasteiger partial charge in [0.05, 0.1) is 7.11 Å². The molecule has 0 spiro atoms. The fourth-order valence-electron chi connectivity index (χ4n) is 1.93. The molecule has 6 heteroatoms. The molecule has 0 saturated heterocycles. The van der Waals surface area contributed by atoms with Crippen molar-refractivity contribution in [2.24, 2.45) is 0 Å². The summed E-state index contributed by atoms with van der Waals surface area (Å²) in [4.78, 5) is 11.6. The number of carbonyl (C=O) groups is 1. The number of halogens is 2. The average molecular weight is 365 g/mol. The monoisotopic (exact) mass is 364 g/mol. The van der Waals surface area contributed by atoms with Crippen LogP contribution in [0.5, 0.6) is 0 Å². The molecule has 0 aliphatic heterocycles. The van der Waals surface area contributed by atoms with E-state index in [9.17, 15) is 9.18 Å². The molecule has 0 radical (unpaired) electrons. The maximum absolute atomic E-state index is 12.9. The Hall–Kier alpha value is -2.21. The number of benzene rings is 2. The van der Waals surface area contributed by atoms with Gasteiger partial charge in [0.1, 0.15) is 5.82 Å². The first-order valence-electron chi connectivity index (χ1n) is 6.47. The first-order chi connectivity index (χ1) is 10.5. The van der Waals surface area contributed by atoms with Crippen molar-refractivity contribution in [2.75, 3.05) is 12.4 Å². The molecule has 0 saturated carbocycles. The maximum Gasteiger partial charge on any atom is 0.356 e. The molecular weight excluding hydrogens is 351 g/mol. The molecule has 2 aromatic rings. The fraction of sp³-hybridized carbons (Fsp3) is 0.125. The summed E-state index contributed by atoms with van der Waals surface area (Å²) >= 11 is 3.34. The smallest absolute Gasteiger partial charge is 0.356 e. The molecule has 0 unspecified atom stereocenters. The van der Waals surface area contributed by atoms with Crippen LogP contribution in [0.2, 0.25) is 0 Å². The Morgan fingerprint density at radius 2 is 1.95 bits per heavy atom. The van der Waals surface area contributed by atoms with Gasteiger partial charge in [-0.05, 0) is 29.8 Å². The summed E-state index contributed by atoms with van der Waals surface area (Å²) in [6.45, 7) is 0.443. The van der Waals surface area contributed by atoms with E-state index in [0.717, 1.165) is 5.56 Å². The van der Waals surface area contributed by atoms with Crippen LogP contribution in [0.3, 0.4) is 0 Å². The summed E-state index contributed by atoms with van der Waals surface area (Å²) in [6.07, 6.45) is 0. The highest BCUT2D eigenvalue weighted by molar-refractivity contribution is 9.10. The van der Waals surface area contributed by atoms with Crippen molar-refractivity contribution >= 4 is 33.3 Å². The molecule has 22 heavy (non-hydrogen) atoms. The molecule has 0 amide bonds. The van der Waals surface area contributed by atoms with E-state index in [1.165, 1.54) is 19.2 Å². The van der Waals surface area contributed by atoms with Gasteiger partial charge in [-0.25, -0.2) is 9.18 Å². The van der Waals surface area contributed by atoms with Crippen LogP contribution in [0.25, 0.3) is 0 Å². The maximum atomic E-state index is 12.9. The Bertz CT molecular complexity index is 702. The molecular formula is C16H14BrFN2O2. The summed E-state index contributed by atoms with van der Waals surface area (Å²) in [5, 5.41) is 11.1. The van der Waals surface area contributed by atoms with Crippen molar-refractivity contribution in [3.05, 3.63) is 63.9 Å². The van der Waals surface area contributed by atoms with Gasteiger partial charge in [0, 0.05) is 22.3 Å². The van der Waals surface area contributed by atoms with E-state index in [2.05, 4.69) is 26.0 Å². The molecule has 0 heterocycles. The molecule has 114 valence electrons. The Kier molecular flexibility index (Phi) is 5.27. The van der Waals surface area contributed by atoms with E-state index >= 15 is 0 Å². The number of hydrogen-bond acceptors (Lipinski definition) is 4. The molecule has 2 N–H and O–H groups in total. The Morgan fingerprint density at radius 1 is 1.27 bits per heavy atom. The summed E-state index contributed by atoms with van der Waals surface area (Å²) in [5.74, 6) is -1.00. The number of methoxy groups -OCH3 is 1. The third kappa shape index (κ3) is 3.71. The third-order valence-electron chi connectivity index (χ3n) is 3.05. The van der Waals surface area contributed by atoms with Crippen LogP contribution in [0.15, 0.2) is 46.9 Å². The normalized spacial score (nSPS) is 10.1. The topological polar surface area (TPSA) is 62.2 Å². The first kappa shape index (κ1) is 16.2. The Balaban J connectivity index is 2.24. The van der Waals surface area contributed by atoms with E-state index in [0.29, 0.717) is 22.3 Å². The zero-order chi connectivity index (χ0) is 16.1. The number of carbonyl (C=O) groups excluding carboxylic acids is 1. The minimum atomic E-state index is -0.711. The summed E-state index contributed by atoms with van der Waals surface area (Å²) in [7, 11) is 1.24. The van der Waals surface area contributed by atoms with Crippen molar-refractivity contribution in [3.63, 3.8) is 0 Å². The van der Waals surface area contributed by atoms with Crippen molar-refractivity contribution in [1.29, 1.82) is 5.41 Å². The summed E-state index contributed by atoms with van der Waals surface area (Å²) < 4.78 is 18.1. The minimum Gasteiger partial charge on any atom is -0.464 e. The number of anilines is 1. The molecule has 0 atom stereocenters. The fourth-order valence-corrected chi connectivity index (χ4v) is 2.49.